The lowest BCUT2D eigenvalue weighted by Gasteiger charge is -2.18. The molecule has 2 aromatic rings. The molecule has 0 spiro atoms. The summed E-state index contributed by atoms with van der Waals surface area (Å²) in [4.78, 5) is 11.5. The molecule has 104 valence electrons. The fourth-order valence-corrected chi connectivity index (χ4v) is 1.79. The number of hydrogen-bond acceptors (Lipinski definition) is 3. The van der Waals surface area contributed by atoms with Gasteiger partial charge in [0.25, 0.3) is 0 Å². The summed E-state index contributed by atoms with van der Waals surface area (Å²) in [5.74, 6) is 0.166. The molecule has 0 bridgehead atoms. The minimum absolute atomic E-state index is 0.192. The Morgan fingerprint density at radius 2 is 1.70 bits per heavy atom. The molecule has 0 aliphatic rings. The van der Waals surface area contributed by atoms with Gasteiger partial charge in [-0.05, 0) is 31.2 Å². The number of methoxy groups -OCH3 is 1. The fourth-order valence-electron chi connectivity index (χ4n) is 1.79. The van der Waals surface area contributed by atoms with Crippen molar-refractivity contribution >= 4 is 5.97 Å². The lowest BCUT2D eigenvalue weighted by atomic mass is 9.98. The first kappa shape index (κ1) is 14.1. The maximum atomic E-state index is 14.4. The molecule has 4 heteroatoms. The third kappa shape index (κ3) is 2.96. The van der Waals surface area contributed by atoms with Gasteiger partial charge >= 0.3 is 5.97 Å². The Bertz CT molecular complexity index is 594. The zero-order valence-corrected chi connectivity index (χ0v) is 11.3. The molecule has 2 rings (SSSR count). The van der Waals surface area contributed by atoms with Gasteiger partial charge in [0.15, 0.2) is 0 Å². The van der Waals surface area contributed by atoms with E-state index in [0.29, 0.717) is 11.5 Å². The van der Waals surface area contributed by atoms with Crippen LogP contribution in [0.4, 0.5) is 4.39 Å². The van der Waals surface area contributed by atoms with Crippen molar-refractivity contribution in [2.24, 2.45) is 0 Å². The average molecular weight is 274 g/mol. The van der Waals surface area contributed by atoms with Gasteiger partial charge < -0.3 is 9.47 Å². The summed E-state index contributed by atoms with van der Waals surface area (Å²) >= 11 is 0. The Hall–Kier alpha value is -2.36. The highest BCUT2D eigenvalue weighted by Crippen LogP contribution is 2.31. The number of benzene rings is 2. The predicted molar refractivity (Wildman–Crippen MR) is 73.4 cm³/mol. The Kier molecular flexibility index (Phi) is 4.03. The monoisotopic (exact) mass is 274 g/mol. The van der Waals surface area contributed by atoms with Gasteiger partial charge in [-0.1, -0.05) is 30.3 Å². The molecule has 0 saturated carbocycles. The normalized spacial score (nSPS) is 13.3. The second-order valence-corrected chi connectivity index (χ2v) is 4.44. The van der Waals surface area contributed by atoms with Crippen LogP contribution in [0.2, 0.25) is 0 Å². The van der Waals surface area contributed by atoms with Gasteiger partial charge in [-0.2, -0.15) is 0 Å². The van der Waals surface area contributed by atoms with Gasteiger partial charge in [0.05, 0.1) is 7.11 Å². The lowest BCUT2D eigenvalue weighted by molar-refractivity contribution is -0.154. The molecular formula is C16H15FO3. The van der Waals surface area contributed by atoms with Crippen molar-refractivity contribution in [3.63, 3.8) is 0 Å². The molecule has 2 aromatic carbocycles. The summed E-state index contributed by atoms with van der Waals surface area (Å²) in [6.45, 7) is 1.17. The Morgan fingerprint density at radius 1 is 1.05 bits per heavy atom. The highest BCUT2D eigenvalue weighted by Gasteiger charge is 2.36. The molecule has 0 amide bonds. The minimum Gasteiger partial charge on any atom is -0.466 e. The molecule has 20 heavy (non-hydrogen) atoms. The van der Waals surface area contributed by atoms with E-state index >= 15 is 0 Å². The zero-order chi connectivity index (χ0) is 14.6. The van der Waals surface area contributed by atoms with Crippen LogP contribution >= 0.6 is 0 Å². The zero-order valence-electron chi connectivity index (χ0n) is 11.3. The molecular weight excluding hydrogens is 259 g/mol. The van der Waals surface area contributed by atoms with E-state index in [1.165, 1.54) is 19.1 Å². The average Bonchev–Trinajstić information content (AvgIpc) is 2.47. The summed E-state index contributed by atoms with van der Waals surface area (Å²) < 4.78 is 24.5. The number of carbonyl (C=O) groups is 1. The van der Waals surface area contributed by atoms with Crippen LogP contribution in [0.25, 0.3) is 0 Å². The number of hydrogen-bond donors (Lipinski definition) is 0. The van der Waals surface area contributed by atoms with E-state index in [1.54, 1.807) is 24.3 Å². The number of ether oxygens (including phenoxy) is 2. The van der Waals surface area contributed by atoms with Crippen molar-refractivity contribution in [1.82, 2.24) is 0 Å². The lowest BCUT2D eigenvalue weighted by Crippen LogP contribution is -2.28. The van der Waals surface area contributed by atoms with Gasteiger partial charge in [-0.25, -0.2) is 9.18 Å². The summed E-state index contributed by atoms with van der Waals surface area (Å²) in [6, 6.07) is 15.5. The van der Waals surface area contributed by atoms with Crippen molar-refractivity contribution in [2.75, 3.05) is 7.11 Å². The quantitative estimate of drug-likeness (QED) is 0.795. The van der Waals surface area contributed by atoms with Crippen LogP contribution in [0, 0.1) is 0 Å². The van der Waals surface area contributed by atoms with Crippen molar-refractivity contribution in [2.45, 2.75) is 12.6 Å². The molecule has 0 N–H and O–H groups in total. The number of alkyl halides is 1. The van der Waals surface area contributed by atoms with E-state index in [9.17, 15) is 9.18 Å². The molecule has 0 aliphatic carbocycles. The first-order valence-corrected chi connectivity index (χ1v) is 6.15. The molecule has 0 aromatic heterocycles. The third-order valence-electron chi connectivity index (χ3n) is 2.92. The second kappa shape index (κ2) is 5.74. The summed E-state index contributed by atoms with van der Waals surface area (Å²) in [7, 11) is 1.16. The fraction of sp³-hybridized carbons (Fsp3) is 0.188. The van der Waals surface area contributed by atoms with Crippen LogP contribution < -0.4 is 4.74 Å². The first-order chi connectivity index (χ1) is 9.54. The van der Waals surface area contributed by atoms with Crippen molar-refractivity contribution in [1.29, 1.82) is 0 Å². The Labute approximate surface area is 117 Å². The molecule has 3 nitrogen and oxygen atoms in total. The Morgan fingerprint density at radius 3 is 2.35 bits per heavy atom. The van der Waals surface area contributed by atoms with Crippen LogP contribution in [0.5, 0.6) is 11.5 Å². The van der Waals surface area contributed by atoms with Crippen molar-refractivity contribution in [3.8, 4) is 11.5 Å². The number of para-hydroxylation sites is 1. The van der Waals surface area contributed by atoms with Crippen LogP contribution in [0.3, 0.4) is 0 Å². The van der Waals surface area contributed by atoms with Gasteiger partial charge in [0, 0.05) is 5.56 Å². The van der Waals surface area contributed by atoms with E-state index < -0.39 is 11.6 Å². The second-order valence-electron chi connectivity index (χ2n) is 4.44. The van der Waals surface area contributed by atoms with E-state index in [4.69, 9.17) is 4.74 Å². The summed E-state index contributed by atoms with van der Waals surface area (Å²) in [6.07, 6.45) is 0. The van der Waals surface area contributed by atoms with Crippen molar-refractivity contribution < 1.29 is 18.7 Å². The van der Waals surface area contributed by atoms with Gasteiger partial charge in [0.1, 0.15) is 11.5 Å². The van der Waals surface area contributed by atoms with E-state index in [-0.39, 0.29) is 5.56 Å². The van der Waals surface area contributed by atoms with Crippen LogP contribution in [0.15, 0.2) is 54.6 Å². The van der Waals surface area contributed by atoms with Crippen LogP contribution in [-0.2, 0) is 15.2 Å². The smallest absolute Gasteiger partial charge is 0.348 e. The molecule has 1 unspecified atom stereocenters. The number of halogens is 1. The van der Waals surface area contributed by atoms with Gasteiger partial charge in [0.2, 0.25) is 5.67 Å². The summed E-state index contributed by atoms with van der Waals surface area (Å²) in [5.41, 5.74) is -2.01. The summed E-state index contributed by atoms with van der Waals surface area (Å²) in [5, 5.41) is 0. The SMILES string of the molecule is COC(=O)C(C)(F)c1cccc(Oc2ccccc2)c1. The first-order valence-electron chi connectivity index (χ1n) is 6.15. The predicted octanol–water partition coefficient (Wildman–Crippen LogP) is 3.84. The van der Waals surface area contributed by atoms with Crippen molar-refractivity contribution in [3.05, 3.63) is 60.2 Å². The van der Waals surface area contributed by atoms with Crippen LogP contribution in [-0.4, -0.2) is 13.1 Å². The minimum atomic E-state index is -2.20. The molecule has 0 heterocycles. The van der Waals surface area contributed by atoms with Gasteiger partial charge in [-0.15, -0.1) is 0 Å². The topological polar surface area (TPSA) is 35.5 Å². The molecule has 0 aliphatic heterocycles. The standard InChI is InChI=1S/C16H15FO3/c1-16(17,15(18)19-2)12-7-6-10-14(11-12)20-13-8-4-3-5-9-13/h3-11H,1-2H3. The highest BCUT2D eigenvalue weighted by atomic mass is 19.1. The molecule has 1 atom stereocenters. The highest BCUT2D eigenvalue weighted by molar-refractivity contribution is 5.80. The van der Waals surface area contributed by atoms with Crippen LogP contribution in [0.1, 0.15) is 12.5 Å². The van der Waals surface area contributed by atoms with E-state index in [0.717, 1.165) is 7.11 Å². The van der Waals surface area contributed by atoms with E-state index in [1.807, 2.05) is 18.2 Å². The number of esters is 1. The molecule has 0 fully saturated rings. The molecule has 0 saturated heterocycles. The van der Waals surface area contributed by atoms with Gasteiger partial charge in [-0.3, -0.25) is 0 Å². The maximum absolute atomic E-state index is 14.4. The maximum Gasteiger partial charge on any atom is 0.348 e. The Balaban J connectivity index is 2.26. The largest absolute Gasteiger partial charge is 0.466 e. The number of carbonyl (C=O) groups excluding carboxylic acids is 1. The van der Waals surface area contributed by atoms with E-state index in [2.05, 4.69) is 4.74 Å². The number of rotatable bonds is 4. The molecule has 0 radical (unpaired) electrons. The third-order valence-corrected chi connectivity index (χ3v) is 2.92.